The molecule has 0 spiro atoms. The van der Waals surface area contributed by atoms with Crippen LogP contribution in [0, 0.1) is 17.2 Å². The average molecular weight is 915 g/mol. The maximum Gasteiger partial charge on any atom is 1.00 e. The second-order valence-corrected chi connectivity index (χ2v) is 18.7. The zero-order valence-corrected chi connectivity index (χ0v) is 44.9. The van der Waals surface area contributed by atoms with E-state index in [0.717, 1.165) is 0 Å². The van der Waals surface area contributed by atoms with Gasteiger partial charge in [0, 0.05) is 47.8 Å². The summed E-state index contributed by atoms with van der Waals surface area (Å²) in [7, 11) is -8.75. The molecule has 0 aromatic carbocycles. The molecular formula is C31H48Cl2K3N7O9S2. The first-order chi connectivity index (χ1) is 23.7. The van der Waals surface area contributed by atoms with E-state index in [1.54, 1.807) is 4.68 Å². The van der Waals surface area contributed by atoms with E-state index < -0.39 is 66.6 Å². The van der Waals surface area contributed by atoms with Gasteiger partial charge in [-0.1, -0.05) is 20.8 Å². The van der Waals surface area contributed by atoms with Crippen LogP contribution >= 0.6 is 23.2 Å². The number of azo groups is 1. The Morgan fingerprint density at radius 3 is 2.07 bits per heavy atom. The number of hydrogen-bond acceptors (Lipinski definition) is 14. The van der Waals surface area contributed by atoms with Gasteiger partial charge >= 0.3 is 154 Å². The van der Waals surface area contributed by atoms with Crippen molar-refractivity contribution in [3.05, 3.63) is 11.3 Å². The number of amides is 1. The van der Waals surface area contributed by atoms with Gasteiger partial charge in [-0.05, 0) is 70.9 Å². The summed E-state index contributed by atoms with van der Waals surface area (Å²) in [6, 6.07) is 0.534. The zero-order valence-electron chi connectivity index (χ0n) is 32.4. The van der Waals surface area contributed by atoms with Gasteiger partial charge in [-0.2, -0.15) is 15.5 Å². The minimum atomic E-state index is -4.38. The summed E-state index contributed by atoms with van der Waals surface area (Å²) in [5, 5.41) is 37.8. The summed E-state index contributed by atoms with van der Waals surface area (Å²) in [5.74, 6) is -1.54. The molecular weight excluding hydrogens is 867 g/mol. The molecule has 2 aliphatic carbocycles. The topological polar surface area (TPSA) is 245 Å². The molecule has 1 amide bonds. The molecule has 0 bridgehead atoms. The predicted molar refractivity (Wildman–Crippen MR) is 185 cm³/mol. The number of rotatable bonds is 17. The van der Waals surface area contributed by atoms with Crippen LogP contribution in [0.15, 0.2) is 10.2 Å². The molecule has 54 heavy (non-hydrogen) atoms. The molecule has 0 saturated heterocycles. The molecule has 7 unspecified atom stereocenters. The largest absolute Gasteiger partial charge is 1.00 e. The Labute approximate surface area is 457 Å². The van der Waals surface area contributed by atoms with Crippen LogP contribution in [0.3, 0.4) is 0 Å². The van der Waals surface area contributed by atoms with Gasteiger partial charge in [0.2, 0.25) is 5.91 Å². The van der Waals surface area contributed by atoms with Gasteiger partial charge in [0.1, 0.15) is 11.6 Å². The molecule has 1 heterocycles. The van der Waals surface area contributed by atoms with Gasteiger partial charge in [-0.15, -0.1) is 28.3 Å². The third-order valence-corrected chi connectivity index (χ3v) is 11.7. The molecule has 1 N–H and O–H groups in total. The summed E-state index contributed by atoms with van der Waals surface area (Å²) >= 11 is 13.3. The number of aromatic nitrogens is 2. The van der Waals surface area contributed by atoms with Crippen molar-refractivity contribution in [2.24, 2.45) is 16.1 Å². The molecule has 16 nitrogen and oxygen atoms in total. The van der Waals surface area contributed by atoms with Crippen LogP contribution in [-0.4, -0.2) is 107 Å². The third kappa shape index (κ3) is 18.9. The van der Waals surface area contributed by atoms with Gasteiger partial charge in [-0.3, -0.25) is 4.79 Å². The van der Waals surface area contributed by atoms with Crippen molar-refractivity contribution in [3.8, 4) is 6.07 Å². The molecule has 2 aliphatic rings. The van der Waals surface area contributed by atoms with E-state index >= 15 is 0 Å². The number of nitrogens with zero attached hydrogens (tertiary/aromatic N) is 6. The van der Waals surface area contributed by atoms with E-state index in [4.69, 9.17) is 28.3 Å². The van der Waals surface area contributed by atoms with Crippen molar-refractivity contribution in [3.63, 3.8) is 0 Å². The number of carbonyl (C=O) groups excluding carboxylic acids is 1. The zero-order chi connectivity index (χ0) is 38.1. The van der Waals surface area contributed by atoms with Gasteiger partial charge < -0.3 is 29.5 Å². The van der Waals surface area contributed by atoms with Crippen LogP contribution in [0.2, 0.25) is 0 Å². The molecule has 290 valence electrons. The fourth-order valence-electron chi connectivity index (χ4n) is 7.02. The Balaban J connectivity index is 0.00000936. The van der Waals surface area contributed by atoms with Crippen molar-refractivity contribution < 1.29 is 195 Å². The van der Waals surface area contributed by atoms with Crippen LogP contribution < -0.4 is 165 Å². The summed E-state index contributed by atoms with van der Waals surface area (Å²) < 4.78 is 68.4. The van der Waals surface area contributed by atoms with Crippen LogP contribution in [-0.2, 0) is 35.3 Å². The first-order valence-electron chi connectivity index (χ1n) is 17.1. The van der Waals surface area contributed by atoms with Crippen LogP contribution in [0.4, 0.5) is 5.82 Å². The number of halogens is 2. The van der Waals surface area contributed by atoms with Gasteiger partial charge in [0.25, 0.3) is 0 Å². The van der Waals surface area contributed by atoms with Crippen LogP contribution in [0.5, 0.6) is 0 Å². The standard InChI is InChI=1S/C31H51Cl2N7O9S2.3K/c1-20(41)35-27-17-23(39(11-5-7-13-50(43,44)45)12-6-8-14-51(46,47)48)9-10-26(27)36-37-30-24(18-34)29(31(2,3)4)38-40(30)28-21(19-49-42)15-22(32)16-25(28)33;;;/h21-23,25-28,42H,5-17,19H2,1-4H3,(H,35,41)(H,43,44,45)(H,46,47,48);;;/q;3*+1/p-3. The van der Waals surface area contributed by atoms with Crippen LogP contribution in [0.1, 0.15) is 103 Å². The molecule has 2 fully saturated rings. The molecule has 1 aromatic rings. The second-order valence-electron chi connectivity index (χ2n) is 14.5. The second kappa shape index (κ2) is 26.4. The summed E-state index contributed by atoms with van der Waals surface area (Å²) in [4.78, 5) is 18.7. The van der Waals surface area contributed by atoms with E-state index in [2.05, 4.69) is 31.4 Å². The van der Waals surface area contributed by atoms with Crippen molar-refractivity contribution in [1.29, 1.82) is 5.26 Å². The number of nitrogens with one attached hydrogen (secondary N) is 1. The molecule has 0 radical (unpaired) electrons. The average Bonchev–Trinajstić information content (AvgIpc) is 3.37. The monoisotopic (exact) mass is 913 g/mol. The first-order valence-corrected chi connectivity index (χ1v) is 21.1. The molecule has 0 aliphatic heterocycles. The van der Waals surface area contributed by atoms with Gasteiger partial charge in [0.05, 0.1) is 49.4 Å². The SMILES string of the molecule is CC(=O)NC1CC(N(CCCCS(=O)(=O)[O-])CCCCS(=O)(=O)[O-])CCC1N=Nc1c(C#N)c(C(C)(C)C)nn1C1C(Cl)CC(Cl)CC1CO[O-].[K+].[K+].[K+]. The van der Waals surface area contributed by atoms with E-state index in [9.17, 15) is 41.3 Å². The number of alkyl halides is 2. The van der Waals surface area contributed by atoms with E-state index in [1.807, 2.05) is 20.8 Å². The minimum Gasteiger partial charge on any atom is -0.748 e. The Bertz CT molecular complexity index is 1590. The quantitative estimate of drug-likeness (QED) is 0.0292. The summed E-state index contributed by atoms with van der Waals surface area (Å²) in [6.07, 6.45) is 3.43. The predicted octanol–water partition coefficient (Wildman–Crippen LogP) is -6.02. The minimum absolute atomic E-state index is 0. The number of hydrogen-bond donors (Lipinski definition) is 1. The number of nitriles is 1. The summed E-state index contributed by atoms with van der Waals surface area (Å²) in [6.45, 7) is 7.77. The summed E-state index contributed by atoms with van der Waals surface area (Å²) in [5.41, 5.74) is 0.123. The molecule has 23 heteroatoms. The molecule has 2 saturated carbocycles. The Kier molecular flexibility index (Phi) is 27.9. The normalized spacial score (nSPS) is 24.9. The van der Waals surface area contributed by atoms with Crippen molar-refractivity contribution in [2.75, 3.05) is 31.2 Å². The third-order valence-electron chi connectivity index (χ3n) is 9.34. The van der Waals surface area contributed by atoms with Gasteiger partial charge in [0.15, 0.2) is 5.82 Å². The Hall–Kier alpha value is 2.96. The fraction of sp³-hybridized carbons (Fsp3) is 0.839. The molecule has 3 rings (SSSR count). The number of unbranched alkanes of at least 4 members (excludes halogenated alkanes) is 2. The number of carbonyl (C=O) groups is 1. The first kappa shape index (κ1) is 57.0. The molecule has 1 aromatic heterocycles. The van der Waals surface area contributed by atoms with Crippen LogP contribution in [0.25, 0.3) is 0 Å². The Morgan fingerprint density at radius 2 is 1.59 bits per heavy atom. The van der Waals surface area contributed by atoms with E-state index in [-0.39, 0.29) is 202 Å². The Morgan fingerprint density at radius 1 is 1.02 bits per heavy atom. The maximum absolute atomic E-state index is 12.4. The van der Waals surface area contributed by atoms with Crippen molar-refractivity contribution in [2.45, 2.75) is 126 Å². The maximum atomic E-state index is 12.4. The molecule has 7 atom stereocenters. The van der Waals surface area contributed by atoms with E-state index in [1.165, 1.54) is 6.92 Å². The van der Waals surface area contributed by atoms with Crippen molar-refractivity contribution in [1.82, 2.24) is 20.0 Å². The van der Waals surface area contributed by atoms with E-state index in [0.29, 0.717) is 63.7 Å². The smallest absolute Gasteiger partial charge is 0.748 e. The fourth-order valence-corrected chi connectivity index (χ4v) is 9.17. The van der Waals surface area contributed by atoms with Crippen molar-refractivity contribution >= 4 is 55.2 Å². The van der Waals surface area contributed by atoms with Gasteiger partial charge in [-0.25, -0.2) is 21.5 Å².